The van der Waals surface area contributed by atoms with Crippen LogP contribution in [0, 0.1) is 17.8 Å². The molecule has 2 atom stereocenters. The molecule has 4 nitrogen and oxygen atoms in total. The fourth-order valence-electron chi connectivity index (χ4n) is 1.20. The molecule has 0 saturated carbocycles. The lowest BCUT2D eigenvalue weighted by Gasteiger charge is -2.19. The minimum Gasteiger partial charge on any atom is -0.481 e. The van der Waals surface area contributed by atoms with Crippen LogP contribution in [-0.4, -0.2) is 22.2 Å². The smallest absolute Gasteiger partial charge is 0.307 e. The summed E-state index contributed by atoms with van der Waals surface area (Å²) in [5.41, 5.74) is 0. The van der Waals surface area contributed by atoms with E-state index in [1.807, 2.05) is 20.8 Å². The Morgan fingerprint density at radius 3 is 1.93 bits per heavy atom. The van der Waals surface area contributed by atoms with Crippen molar-refractivity contribution in [1.82, 2.24) is 0 Å². The molecule has 2 N–H and O–H groups in total. The summed E-state index contributed by atoms with van der Waals surface area (Å²) in [6.07, 6.45) is 0.145. The Bertz CT molecular complexity index is 210. The van der Waals surface area contributed by atoms with E-state index in [4.69, 9.17) is 10.2 Å². The molecule has 4 heteroatoms. The largest absolute Gasteiger partial charge is 0.481 e. The fourth-order valence-corrected chi connectivity index (χ4v) is 1.20. The highest BCUT2D eigenvalue weighted by molar-refractivity contribution is 5.77. The second-order valence-electron chi connectivity index (χ2n) is 4.09. The molecule has 0 aliphatic heterocycles. The van der Waals surface area contributed by atoms with Crippen molar-refractivity contribution in [3.8, 4) is 0 Å². The summed E-state index contributed by atoms with van der Waals surface area (Å²) in [6.45, 7) is 5.96. The van der Waals surface area contributed by atoms with E-state index in [0.717, 1.165) is 0 Å². The lowest BCUT2D eigenvalue weighted by atomic mass is 9.86. The van der Waals surface area contributed by atoms with Crippen LogP contribution in [0.1, 0.15) is 33.6 Å². The number of carboxylic acid groups (broad SMARTS) is 2. The zero-order chi connectivity index (χ0) is 11.3. The highest BCUT2D eigenvalue weighted by Gasteiger charge is 2.24. The van der Waals surface area contributed by atoms with Crippen molar-refractivity contribution in [2.45, 2.75) is 33.6 Å². The predicted molar refractivity (Wildman–Crippen MR) is 52.0 cm³/mol. The number of carboxylic acids is 2. The zero-order valence-electron chi connectivity index (χ0n) is 8.86. The molecular formula is C10H18O4. The van der Waals surface area contributed by atoms with Gasteiger partial charge in [0.1, 0.15) is 0 Å². The first-order valence-electron chi connectivity index (χ1n) is 4.79. The Balaban J connectivity index is 4.23. The normalized spacial score (nSPS) is 15.1. The van der Waals surface area contributed by atoms with Crippen LogP contribution in [0.15, 0.2) is 0 Å². The minimum absolute atomic E-state index is 0.232. The standard InChI is InChI=1S/C10H18O4/c1-6(2)7(3)4-8(10(13)14)5-9(11)12/h6-8H,4-5H2,1-3H3,(H,11,12)(H,13,14). The Hall–Kier alpha value is -1.06. The van der Waals surface area contributed by atoms with Crippen molar-refractivity contribution < 1.29 is 19.8 Å². The van der Waals surface area contributed by atoms with E-state index in [1.165, 1.54) is 0 Å². The van der Waals surface area contributed by atoms with Gasteiger partial charge in [-0.25, -0.2) is 0 Å². The SMILES string of the molecule is CC(C)C(C)CC(CC(=O)O)C(=O)O. The summed E-state index contributed by atoms with van der Waals surface area (Å²) in [5.74, 6) is -2.21. The molecule has 0 aliphatic rings. The van der Waals surface area contributed by atoms with Gasteiger partial charge in [0.15, 0.2) is 0 Å². The van der Waals surface area contributed by atoms with Crippen molar-refractivity contribution in [2.75, 3.05) is 0 Å². The third-order valence-electron chi connectivity index (χ3n) is 2.56. The van der Waals surface area contributed by atoms with E-state index in [0.29, 0.717) is 12.3 Å². The third kappa shape index (κ3) is 4.84. The van der Waals surface area contributed by atoms with E-state index in [2.05, 4.69) is 0 Å². The lowest BCUT2D eigenvalue weighted by Crippen LogP contribution is -2.22. The molecule has 0 radical (unpaired) electrons. The van der Waals surface area contributed by atoms with Gasteiger partial charge in [0, 0.05) is 0 Å². The highest BCUT2D eigenvalue weighted by atomic mass is 16.4. The fraction of sp³-hybridized carbons (Fsp3) is 0.800. The summed E-state index contributed by atoms with van der Waals surface area (Å²) >= 11 is 0. The molecule has 14 heavy (non-hydrogen) atoms. The molecule has 0 aromatic heterocycles. The van der Waals surface area contributed by atoms with Gasteiger partial charge in [-0.15, -0.1) is 0 Å². The van der Waals surface area contributed by atoms with Crippen LogP contribution in [-0.2, 0) is 9.59 Å². The predicted octanol–water partition coefficient (Wildman–Crippen LogP) is 1.84. The summed E-state index contributed by atoms with van der Waals surface area (Å²) < 4.78 is 0. The number of rotatable bonds is 6. The topological polar surface area (TPSA) is 74.6 Å². The van der Waals surface area contributed by atoms with E-state index < -0.39 is 17.9 Å². The molecule has 0 saturated heterocycles. The number of hydrogen-bond donors (Lipinski definition) is 2. The molecule has 0 fully saturated rings. The van der Waals surface area contributed by atoms with Crippen molar-refractivity contribution >= 4 is 11.9 Å². The molecule has 0 aliphatic carbocycles. The van der Waals surface area contributed by atoms with Crippen molar-refractivity contribution in [3.05, 3.63) is 0 Å². The molecule has 0 aromatic carbocycles. The maximum atomic E-state index is 10.7. The van der Waals surface area contributed by atoms with Gasteiger partial charge in [0.25, 0.3) is 0 Å². The quantitative estimate of drug-likeness (QED) is 0.689. The van der Waals surface area contributed by atoms with Crippen molar-refractivity contribution in [2.24, 2.45) is 17.8 Å². The monoisotopic (exact) mass is 202 g/mol. The van der Waals surface area contributed by atoms with E-state index in [1.54, 1.807) is 0 Å². The summed E-state index contributed by atoms with van der Waals surface area (Å²) in [7, 11) is 0. The molecule has 0 rings (SSSR count). The number of hydrogen-bond acceptors (Lipinski definition) is 2. The second-order valence-corrected chi connectivity index (χ2v) is 4.09. The first kappa shape index (κ1) is 12.9. The van der Waals surface area contributed by atoms with Gasteiger partial charge >= 0.3 is 11.9 Å². The third-order valence-corrected chi connectivity index (χ3v) is 2.56. The summed E-state index contributed by atoms with van der Waals surface area (Å²) in [6, 6.07) is 0. The maximum Gasteiger partial charge on any atom is 0.307 e. The molecule has 0 heterocycles. The van der Waals surface area contributed by atoms with Crippen LogP contribution in [0.2, 0.25) is 0 Å². The maximum absolute atomic E-state index is 10.7. The molecule has 0 spiro atoms. The van der Waals surface area contributed by atoms with Gasteiger partial charge in [-0.05, 0) is 18.3 Å². The van der Waals surface area contributed by atoms with Gasteiger partial charge in [0.2, 0.25) is 0 Å². The molecule has 2 unspecified atom stereocenters. The molecule has 82 valence electrons. The van der Waals surface area contributed by atoms with Gasteiger partial charge in [-0.2, -0.15) is 0 Å². The molecule has 0 bridgehead atoms. The van der Waals surface area contributed by atoms with Crippen LogP contribution >= 0.6 is 0 Å². The van der Waals surface area contributed by atoms with Gasteiger partial charge in [-0.3, -0.25) is 9.59 Å². The van der Waals surface area contributed by atoms with Crippen molar-refractivity contribution in [3.63, 3.8) is 0 Å². The van der Waals surface area contributed by atoms with Gasteiger partial charge in [0.05, 0.1) is 12.3 Å². The number of carbonyl (C=O) groups is 2. The second kappa shape index (κ2) is 5.62. The Labute approximate surface area is 83.9 Å². The average Bonchev–Trinajstić information content (AvgIpc) is 2.01. The molecular weight excluding hydrogens is 184 g/mol. The first-order chi connectivity index (χ1) is 6.34. The Morgan fingerprint density at radius 1 is 1.14 bits per heavy atom. The van der Waals surface area contributed by atoms with Crippen LogP contribution in [0.5, 0.6) is 0 Å². The van der Waals surface area contributed by atoms with Crippen LogP contribution < -0.4 is 0 Å². The Kier molecular flexibility index (Phi) is 5.20. The summed E-state index contributed by atoms with van der Waals surface area (Å²) in [4.78, 5) is 21.1. The lowest BCUT2D eigenvalue weighted by molar-refractivity contribution is -0.149. The Morgan fingerprint density at radius 2 is 1.64 bits per heavy atom. The zero-order valence-corrected chi connectivity index (χ0v) is 8.86. The minimum atomic E-state index is -1.05. The summed E-state index contributed by atoms with van der Waals surface area (Å²) in [5, 5.41) is 17.3. The first-order valence-corrected chi connectivity index (χ1v) is 4.79. The molecule has 0 aromatic rings. The van der Waals surface area contributed by atoms with E-state index in [9.17, 15) is 9.59 Å². The number of aliphatic carboxylic acids is 2. The van der Waals surface area contributed by atoms with E-state index in [-0.39, 0.29) is 12.3 Å². The van der Waals surface area contributed by atoms with Gasteiger partial charge < -0.3 is 10.2 Å². The van der Waals surface area contributed by atoms with Crippen LogP contribution in [0.3, 0.4) is 0 Å². The van der Waals surface area contributed by atoms with Gasteiger partial charge in [-0.1, -0.05) is 20.8 Å². The highest BCUT2D eigenvalue weighted by Crippen LogP contribution is 2.22. The average molecular weight is 202 g/mol. The van der Waals surface area contributed by atoms with Crippen LogP contribution in [0.25, 0.3) is 0 Å². The van der Waals surface area contributed by atoms with Crippen molar-refractivity contribution in [1.29, 1.82) is 0 Å². The molecule has 0 amide bonds. The van der Waals surface area contributed by atoms with Crippen LogP contribution in [0.4, 0.5) is 0 Å². The van der Waals surface area contributed by atoms with E-state index >= 15 is 0 Å².